The van der Waals surface area contributed by atoms with E-state index in [0.29, 0.717) is 19.8 Å². The Kier molecular flexibility index (Phi) is 17.9. The van der Waals surface area contributed by atoms with Gasteiger partial charge in [0.2, 0.25) is 0 Å². The van der Waals surface area contributed by atoms with Gasteiger partial charge in [-0.2, -0.15) is 0 Å². The molecule has 0 aromatic carbocycles. The van der Waals surface area contributed by atoms with Gasteiger partial charge in [-0.1, -0.05) is 6.92 Å². The third-order valence-electron chi connectivity index (χ3n) is 2.73. The van der Waals surface area contributed by atoms with Crippen LogP contribution in [0.25, 0.3) is 0 Å². The Morgan fingerprint density at radius 3 is 1.36 bits per heavy atom. The first-order valence-electron chi connectivity index (χ1n) is 8.38. The first-order valence-corrected chi connectivity index (χ1v) is 12.3. The molecule has 0 aliphatic rings. The Morgan fingerprint density at radius 1 is 0.773 bits per heavy atom. The summed E-state index contributed by atoms with van der Waals surface area (Å²) in [5.74, 6) is 0. The molecule has 2 N–H and O–H groups in total. The van der Waals surface area contributed by atoms with Gasteiger partial charge >= 0.3 is 18.1 Å². The molecule has 1 unspecified atom stereocenters. The lowest BCUT2D eigenvalue weighted by molar-refractivity contribution is 0.0618. The molecule has 136 valence electrons. The molecule has 1 atom stereocenters. The van der Waals surface area contributed by atoms with E-state index in [9.17, 15) is 0 Å². The molecule has 0 bridgehead atoms. The average molecular weight is 356 g/mol. The lowest BCUT2D eigenvalue weighted by Gasteiger charge is -2.32. The van der Waals surface area contributed by atoms with Gasteiger partial charge in [-0.05, 0) is 47.6 Å². The van der Waals surface area contributed by atoms with Crippen LogP contribution in [0.5, 0.6) is 0 Å². The van der Waals surface area contributed by atoms with Crippen molar-refractivity contribution in [3.05, 3.63) is 0 Å². The normalized spacial score (nSPS) is 13.0. The van der Waals surface area contributed by atoms with Crippen LogP contribution in [-0.2, 0) is 22.1 Å². The molecule has 0 amide bonds. The summed E-state index contributed by atoms with van der Waals surface area (Å²) in [6, 6.07) is 0. The highest BCUT2D eigenvalue weighted by Crippen LogP contribution is 2.15. The molecule has 0 rings (SSSR count). The summed E-state index contributed by atoms with van der Waals surface area (Å²) in [6.45, 7) is 17.1. The number of hydrogen-bond donors (Lipinski definition) is 1. The van der Waals surface area contributed by atoms with Gasteiger partial charge in [-0.15, -0.1) is 0 Å². The number of nitrogens with two attached hydrogens (primary N) is 1. The standard InChI is InChI=1S/C9H23NO3Si.C5H14O2Si/c1-5-9(10)14(11-6-2,12-7-3)13-8-4;1-4-6-8(3)7-5-2/h9H,5-8,10H2,1-4H3;8H,4-5H2,1-3H3. The first-order chi connectivity index (χ1) is 10.5. The van der Waals surface area contributed by atoms with Gasteiger partial charge in [0.25, 0.3) is 0 Å². The van der Waals surface area contributed by atoms with Crippen LogP contribution in [0.3, 0.4) is 0 Å². The van der Waals surface area contributed by atoms with Gasteiger partial charge in [-0.3, -0.25) is 0 Å². The van der Waals surface area contributed by atoms with E-state index in [1.165, 1.54) is 0 Å². The topological polar surface area (TPSA) is 72.2 Å². The highest BCUT2D eigenvalue weighted by molar-refractivity contribution is 6.62. The zero-order valence-electron chi connectivity index (χ0n) is 15.5. The minimum atomic E-state index is -2.62. The summed E-state index contributed by atoms with van der Waals surface area (Å²) >= 11 is 0. The zero-order valence-corrected chi connectivity index (χ0v) is 17.7. The number of hydrogen-bond acceptors (Lipinski definition) is 6. The van der Waals surface area contributed by atoms with E-state index >= 15 is 0 Å². The number of rotatable bonds is 12. The molecule has 0 fully saturated rings. The predicted octanol–water partition coefficient (Wildman–Crippen LogP) is 2.22. The summed E-state index contributed by atoms with van der Waals surface area (Å²) in [5, 5.41) is 0. The van der Waals surface area contributed by atoms with Crippen molar-refractivity contribution >= 4 is 18.1 Å². The van der Waals surface area contributed by atoms with Gasteiger partial charge in [0.1, 0.15) is 0 Å². The third kappa shape index (κ3) is 10.8. The van der Waals surface area contributed by atoms with Gasteiger partial charge < -0.3 is 27.9 Å². The Balaban J connectivity index is 0. The van der Waals surface area contributed by atoms with E-state index in [4.69, 9.17) is 27.9 Å². The smallest absolute Gasteiger partial charge is 0.397 e. The molecule has 0 aliphatic carbocycles. The molecule has 0 aromatic heterocycles. The molecule has 8 heteroatoms. The molecule has 0 spiro atoms. The molecule has 0 saturated carbocycles. The van der Waals surface area contributed by atoms with Gasteiger partial charge in [0.15, 0.2) is 0 Å². The van der Waals surface area contributed by atoms with Crippen molar-refractivity contribution < 1.29 is 22.1 Å². The van der Waals surface area contributed by atoms with Gasteiger partial charge in [0, 0.05) is 33.0 Å². The van der Waals surface area contributed by atoms with Crippen molar-refractivity contribution in [2.75, 3.05) is 33.0 Å². The SMILES string of the molecule is CCO[SiH](C)OCC.CCO[Si](OCC)(OCC)C(N)CC. The fraction of sp³-hybridized carbons (Fsp3) is 1.00. The summed E-state index contributed by atoms with van der Waals surface area (Å²) in [6.07, 6.45) is 0.812. The van der Waals surface area contributed by atoms with Crippen LogP contribution in [0.15, 0.2) is 0 Å². The Morgan fingerprint density at radius 2 is 1.14 bits per heavy atom. The summed E-state index contributed by atoms with van der Waals surface area (Å²) < 4.78 is 27.3. The second-order valence-corrected chi connectivity index (χ2v) is 9.01. The highest BCUT2D eigenvalue weighted by Gasteiger charge is 2.46. The van der Waals surface area contributed by atoms with E-state index in [1.54, 1.807) is 0 Å². The average Bonchev–Trinajstić information content (AvgIpc) is 2.48. The van der Waals surface area contributed by atoms with Crippen molar-refractivity contribution in [3.8, 4) is 0 Å². The van der Waals surface area contributed by atoms with Crippen LogP contribution < -0.4 is 5.73 Å². The third-order valence-corrected chi connectivity index (χ3v) is 7.73. The molecular formula is C14H37NO5Si2. The minimum Gasteiger partial charge on any atom is -0.397 e. The van der Waals surface area contributed by atoms with Crippen LogP contribution in [0.2, 0.25) is 6.55 Å². The maximum absolute atomic E-state index is 6.00. The predicted molar refractivity (Wildman–Crippen MR) is 95.2 cm³/mol. The minimum absolute atomic E-state index is 0.123. The summed E-state index contributed by atoms with van der Waals surface area (Å²) in [7, 11) is -3.82. The molecular weight excluding hydrogens is 318 g/mol. The van der Waals surface area contributed by atoms with Crippen molar-refractivity contribution in [3.63, 3.8) is 0 Å². The summed E-state index contributed by atoms with van der Waals surface area (Å²) in [4.78, 5) is 0. The van der Waals surface area contributed by atoms with E-state index < -0.39 is 18.1 Å². The van der Waals surface area contributed by atoms with E-state index in [0.717, 1.165) is 19.6 Å². The van der Waals surface area contributed by atoms with E-state index in [1.807, 2.05) is 48.1 Å². The van der Waals surface area contributed by atoms with E-state index in [-0.39, 0.29) is 5.67 Å². The second kappa shape index (κ2) is 16.1. The Bertz CT molecular complexity index is 214. The monoisotopic (exact) mass is 355 g/mol. The molecule has 0 saturated heterocycles. The van der Waals surface area contributed by atoms with Crippen LogP contribution in [0, 0.1) is 0 Å². The van der Waals surface area contributed by atoms with Gasteiger partial charge in [0.05, 0.1) is 5.67 Å². The quantitative estimate of drug-likeness (QED) is 0.541. The van der Waals surface area contributed by atoms with Crippen LogP contribution in [0.4, 0.5) is 0 Å². The largest absolute Gasteiger partial charge is 0.518 e. The Hall–Kier alpha value is 0.194. The Labute approximate surface area is 139 Å². The van der Waals surface area contributed by atoms with Gasteiger partial charge in [-0.25, -0.2) is 0 Å². The van der Waals surface area contributed by atoms with E-state index in [2.05, 4.69) is 0 Å². The van der Waals surface area contributed by atoms with Crippen molar-refractivity contribution in [2.24, 2.45) is 5.73 Å². The summed E-state index contributed by atoms with van der Waals surface area (Å²) in [5.41, 5.74) is 5.87. The second-order valence-electron chi connectivity index (χ2n) is 4.40. The molecule has 0 aromatic rings. The zero-order chi connectivity index (χ0) is 17.4. The van der Waals surface area contributed by atoms with Crippen molar-refractivity contribution in [1.29, 1.82) is 0 Å². The molecule has 0 heterocycles. The first kappa shape index (κ1) is 24.4. The van der Waals surface area contributed by atoms with Crippen LogP contribution >= 0.6 is 0 Å². The van der Waals surface area contributed by atoms with Crippen molar-refractivity contribution in [1.82, 2.24) is 0 Å². The lowest BCUT2D eigenvalue weighted by atomic mass is 10.5. The highest BCUT2D eigenvalue weighted by atomic mass is 28.4. The molecule has 0 radical (unpaired) electrons. The van der Waals surface area contributed by atoms with Crippen molar-refractivity contribution in [2.45, 2.75) is 60.2 Å². The maximum atomic E-state index is 6.00. The molecule has 0 aliphatic heterocycles. The fourth-order valence-electron chi connectivity index (χ4n) is 1.82. The van der Waals surface area contributed by atoms with Crippen LogP contribution in [0.1, 0.15) is 48.0 Å². The maximum Gasteiger partial charge on any atom is 0.518 e. The van der Waals surface area contributed by atoms with Crippen LogP contribution in [-0.4, -0.2) is 56.8 Å². The lowest BCUT2D eigenvalue weighted by Crippen LogP contribution is -2.60. The molecule has 22 heavy (non-hydrogen) atoms. The fourth-order valence-corrected chi connectivity index (χ4v) is 5.45. The molecule has 6 nitrogen and oxygen atoms in total.